The zero-order valence-electron chi connectivity index (χ0n) is 5.61. The molecule has 2 heteroatoms. The van der Waals surface area contributed by atoms with Crippen molar-refractivity contribution < 1.29 is 0 Å². The molecule has 0 aromatic heterocycles. The van der Waals surface area contributed by atoms with Gasteiger partial charge in [0.2, 0.25) is 0 Å². The average molecular weight is 220 g/mol. The Hall–Kier alpha value is 0.759. The Balaban J connectivity index is 2.53. The van der Waals surface area contributed by atoms with Crippen LogP contribution in [0.15, 0.2) is 0 Å². The number of nitrogens with two attached hydrogens (primary N) is 1. The van der Waals surface area contributed by atoms with Gasteiger partial charge in [-0.3, -0.25) is 0 Å². The summed E-state index contributed by atoms with van der Waals surface area (Å²) in [6.45, 7) is 0.884. The van der Waals surface area contributed by atoms with Gasteiger partial charge in [0.25, 0.3) is 0 Å². The van der Waals surface area contributed by atoms with Crippen molar-refractivity contribution in [1.29, 1.82) is 0 Å². The van der Waals surface area contributed by atoms with E-state index < -0.39 is 0 Å². The van der Waals surface area contributed by atoms with E-state index in [1.807, 2.05) is 0 Å². The van der Waals surface area contributed by atoms with E-state index in [-0.39, 0.29) is 21.1 Å². The zero-order chi connectivity index (χ0) is 6.24. The van der Waals surface area contributed by atoms with E-state index in [1.165, 1.54) is 19.3 Å². The van der Waals surface area contributed by atoms with Gasteiger partial charge in [0, 0.05) is 0 Å². The van der Waals surface area contributed by atoms with Crippen molar-refractivity contribution in [3.63, 3.8) is 0 Å². The predicted octanol–water partition coefficient (Wildman–Crippen LogP) is 1.29. The van der Waals surface area contributed by atoms with E-state index >= 15 is 0 Å². The minimum absolute atomic E-state index is 0.126. The van der Waals surface area contributed by atoms with Gasteiger partial charge in [-0.05, 0) is 0 Å². The molecule has 0 aliphatic carbocycles. The summed E-state index contributed by atoms with van der Waals surface area (Å²) in [4.78, 5) is 2.39. The van der Waals surface area contributed by atoms with Crippen LogP contribution in [0.5, 0.6) is 0 Å². The fourth-order valence-electron chi connectivity index (χ4n) is 0.623. The molecular weight excluding hydrogens is 205 g/mol. The molecule has 0 aromatic rings. The molecule has 0 atom stereocenters. The first-order chi connectivity index (χ1) is 3.91. The van der Waals surface area contributed by atoms with Crippen LogP contribution in [-0.2, 0) is 0 Å². The van der Waals surface area contributed by atoms with Gasteiger partial charge in [-0.2, -0.15) is 0 Å². The third kappa shape index (κ3) is 6.76. The maximum absolute atomic E-state index is 5.32. The predicted molar refractivity (Wildman–Crippen MR) is 39.3 cm³/mol. The van der Waals surface area contributed by atoms with Crippen molar-refractivity contribution >= 4 is 21.1 Å². The molecule has 0 amide bonds. The van der Waals surface area contributed by atoms with Crippen LogP contribution >= 0.6 is 0 Å². The van der Waals surface area contributed by atoms with Crippen LogP contribution < -0.4 is 5.73 Å². The first-order valence-corrected chi connectivity index (χ1v) is 8.13. The molecule has 0 radical (unpaired) electrons. The van der Waals surface area contributed by atoms with Crippen molar-refractivity contribution in [3.05, 3.63) is 0 Å². The molecule has 46 valence electrons. The monoisotopic (exact) mass is 221 g/mol. The van der Waals surface area contributed by atoms with E-state index in [2.05, 4.69) is 4.94 Å². The molecule has 0 aromatic carbocycles. The van der Waals surface area contributed by atoms with E-state index in [0.29, 0.717) is 0 Å². The van der Waals surface area contributed by atoms with Gasteiger partial charge < -0.3 is 0 Å². The van der Waals surface area contributed by atoms with Crippen molar-refractivity contribution in [3.8, 4) is 0 Å². The van der Waals surface area contributed by atoms with Crippen LogP contribution in [0.1, 0.15) is 19.3 Å². The minimum atomic E-state index is 0.126. The quantitative estimate of drug-likeness (QED) is 0.548. The third-order valence-corrected chi connectivity index (χ3v) is 3.57. The van der Waals surface area contributed by atoms with Gasteiger partial charge >= 0.3 is 62.1 Å². The summed E-state index contributed by atoms with van der Waals surface area (Å²) < 4.78 is 1.54. The van der Waals surface area contributed by atoms with Crippen LogP contribution in [0.4, 0.5) is 0 Å². The molecule has 0 aliphatic rings. The SMILES string of the molecule is [CH3][Sn+2][CH2]CCCCN. The molecule has 0 unspecified atom stereocenters. The van der Waals surface area contributed by atoms with Crippen molar-refractivity contribution in [2.45, 2.75) is 28.6 Å². The van der Waals surface area contributed by atoms with Gasteiger partial charge in [0.1, 0.15) is 0 Å². The van der Waals surface area contributed by atoms with Gasteiger partial charge in [-0.25, -0.2) is 0 Å². The Labute approximate surface area is 62.2 Å². The Bertz CT molecular complexity index is 33.5. The molecule has 0 bridgehead atoms. The van der Waals surface area contributed by atoms with E-state index in [1.54, 1.807) is 4.44 Å². The molecule has 0 fully saturated rings. The van der Waals surface area contributed by atoms with Crippen molar-refractivity contribution in [2.75, 3.05) is 6.54 Å². The van der Waals surface area contributed by atoms with E-state index in [9.17, 15) is 0 Å². The second kappa shape index (κ2) is 7.76. The molecule has 0 saturated heterocycles. The summed E-state index contributed by atoms with van der Waals surface area (Å²) in [6.07, 6.45) is 4.05. The second-order valence-corrected chi connectivity index (χ2v) is 5.40. The molecule has 8 heavy (non-hydrogen) atoms. The third-order valence-electron chi connectivity index (χ3n) is 1.13. The summed E-state index contributed by atoms with van der Waals surface area (Å²) in [5, 5.41) is 0. The van der Waals surface area contributed by atoms with E-state index in [0.717, 1.165) is 6.54 Å². The summed E-state index contributed by atoms with van der Waals surface area (Å²) in [6, 6.07) is 0. The van der Waals surface area contributed by atoms with Crippen molar-refractivity contribution in [1.82, 2.24) is 0 Å². The number of unbranched alkanes of at least 4 members (excludes halogenated alkanes) is 2. The molecular formula is C6H15NSn+2. The first-order valence-electron chi connectivity index (χ1n) is 3.26. The molecule has 0 saturated carbocycles. The Morgan fingerprint density at radius 2 is 2.00 bits per heavy atom. The number of hydrogen-bond acceptors (Lipinski definition) is 1. The molecule has 1 nitrogen and oxygen atoms in total. The van der Waals surface area contributed by atoms with Crippen LogP contribution in [0, 0.1) is 0 Å². The summed E-state index contributed by atoms with van der Waals surface area (Å²) in [7, 11) is 0. The topological polar surface area (TPSA) is 26.0 Å². The Kier molecular flexibility index (Phi) is 8.49. The molecule has 0 aliphatic heterocycles. The van der Waals surface area contributed by atoms with Gasteiger partial charge in [-0.15, -0.1) is 0 Å². The Morgan fingerprint density at radius 1 is 1.25 bits per heavy atom. The summed E-state index contributed by atoms with van der Waals surface area (Å²) >= 11 is 0.126. The molecule has 2 N–H and O–H groups in total. The van der Waals surface area contributed by atoms with Gasteiger partial charge in [-0.1, -0.05) is 0 Å². The van der Waals surface area contributed by atoms with Gasteiger partial charge in [0.05, 0.1) is 0 Å². The molecule has 0 spiro atoms. The fraction of sp³-hybridized carbons (Fsp3) is 1.00. The van der Waals surface area contributed by atoms with E-state index in [4.69, 9.17) is 5.73 Å². The average Bonchev–Trinajstić information content (AvgIpc) is 1.81. The van der Waals surface area contributed by atoms with Crippen LogP contribution in [0.2, 0.25) is 9.38 Å². The summed E-state index contributed by atoms with van der Waals surface area (Å²) in [5.41, 5.74) is 5.32. The van der Waals surface area contributed by atoms with Gasteiger partial charge in [0.15, 0.2) is 0 Å². The van der Waals surface area contributed by atoms with Crippen LogP contribution in [0.3, 0.4) is 0 Å². The zero-order valence-corrected chi connectivity index (χ0v) is 8.47. The maximum atomic E-state index is 5.32. The van der Waals surface area contributed by atoms with Crippen molar-refractivity contribution in [2.24, 2.45) is 5.73 Å². The molecule has 0 rings (SSSR count). The summed E-state index contributed by atoms with van der Waals surface area (Å²) in [5.74, 6) is 0. The fourth-order valence-corrected chi connectivity index (χ4v) is 2.35. The second-order valence-electron chi connectivity index (χ2n) is 1.95. The normalized spacial score (nSPS) is 8.75. The number of rotatable bonds is 5. The first kappa shape index (κ1) is 8.76. The van der Waals surface area contributed by atoms with Crippen LogP contribution in [-0.4, -0.2) is 27.7 Å². The standard InChI is InChI=1S/C5H12N.CH3.Sn/c1-2-3-4-5-6;;/h1-6H2;1H3;/q;;+2. The molecule has 0 heterocycles. The van der Waals surface area contributed by atoms with Crippen LogP contribution in [0.25, 0.3) is 0 Å². The Morgan fingerprint density at radius 3 is 2.50 bits per heavy atom. The number of hydrogen-bond donors (Lipinski definition) is 1.